The molecule has 0 atom stereocenters. The Morgan fingerprint density at radius 1 is 1.17 bits per heavy atom. The molecule has 1 saturated heterocycles. The van der Waals surface area contributed by atoms with Crippen molar-refractivity contribution < 1.29 is 0 Å². The predicted octanol–water partition coefficient (Wildman–Crippen LogP) is 3.64. The Balaban J connectivity index is 1.40. The van der Waals surface area contributed by atoms with Crippen molar-refractivity contribution in [3.05, 3.63) is 46.9 Å². The van der Waals surface area contributed by atoms with Crippen LogP contribution in [0, 0.1) is 0 Å². The first-order valence-corrected chi connectivity index (χ1v) is 9.03. The number of likely N-dealkylation sites (tertiary alicyclic amines) is 1. The van der Waals surface area contributed by atoms with E-state index in [2.05, 4.69) is 32.5 Å². The van der Waals surface area contributed by atoms with Gasteiger partial charge in [-0.2, -0.15) is 0 Å². The van der Waals surface area contributed by atoms with Crippen LogP contribution in [0.2, 0.25) is 5.02 Å². The minimum absolute atomic E-state index is 0.799. The van der Waals surface area contributed by atoms with Gasteiger partial charge in [-0.25, -0.2) is 0 Å². The lowest BCUT2D eigenvalue weighted by Crippen LogP contribution is -2.29. The molecule has 24 heavy (non-hydrogen) atoms. The quantitative estimate of drug-likeness (QED) is 0.769. The number of rotatable bonds is 5. The van der Waals surface area contributed by atoms with E-state index in [1.54, 1.807) is 0 Å². The van der Waals surface area contributed by atoms with Crippen LogP contribution in [-0.2, 0) is 19.5 Å². The van der Waals surface area contributed by atoms with Crippen LogP contribution < -0.4 is 0 Å². The number of aromatic nitrogens is 4. The lowest BCUT2D eigenvalue weighted by atomic mass is 10.1. The van der Waals surface area contributed by atoms with Crippen molar-refractivity contribution in [2.24, 2.45) is 0 Å². The SMILES string of the molecule is Clc1cccc2[nH]cc(CCn3cc(CN4CCCCC4)nn3)c12. The fourth-order valence-electron chi connectivity index (χ4n) is 3.51. The van der Waals surface area contributed by atoms with Crippen LogP contribution in [0.3, 0.4) is 0 Å². The molecule has 1 N–H and O–H groups in total. The van der Waals surface area contributed by atoms with Gasteiger partial charge in [-0.3, -0.25) is 9.58 Å². The topological polar surface area (TPSA) is 49.7 Å². The summed E-state index contributed by atoms with van der Waals surface area (Å²) in [7, 11) is 0. The van der Waals surface area contributed by atoms with Gasteiger partial charge >= 0.3 is 0 Å². The minimum Gasteiger partial charge on any atom is -0.361 e. The van der Waals surface area contributed by atoms with Gasteiger partial charge in [0.1, 0.15) is 0 Å². The zero-order valence-corrected chi connectivity index (χ0v) is 14.5. The summed E-state index contributed by atoms with van der Waals surface area (Å²) in [6, 6.07) is 5.96. The molecule has 2 aromatic heterocycles. The molecule has 6 heteroatoms. The van der Waals surface area contributed by atoms with Crippen molar-refractivity contribution in [2.45, 2.75) is 38.8 Å². The number of benzene rings is 1. The van der Waals surface area contributed by atoms with Gasteiger partial charge in [0.2, 0.25) is 0 Å². The molecule has 0 unspecified atom stereocenters. The molecule has 0 spiro atoms. The highest BCUT2D eigenvalue weighted by atomic mass is 35.5. The average Bonchev–Trinajstić information content (AvgIpc) is 3.21. The summed E-state index contributed by atoms with van der Waals surface area (Å²) >= 11 is 6.34. The van der Waals surface area contributed by atoms with E-state index in [1.165, 1.54) is 37.9 Å². The number of hydrogen-bond donors (Lipinski definition) is 1. The van der Waals surface area contributed by atoms with Crippen LogP contribution in [0.4, 0.5) is 0 Å². The number of aryl methyl sites for hydroxylation is 2. The Hall–Kier alpha value is -1.85. The van der Waals surface area contributed by atoms with E-state index in [0.29, 0.717) is 0 Å². The number of halogens is 1. The Kier molecular flexibility index (Phi) is 4.54. The molecular formula is C18H22ClN5. The first-order chi connectivity index (χ1) is 11.8. The van der Waals surface area contributed by atoms with Crippen molar-refractivity contribution in [1.29, 1.82) is 0 Å². The molecule has 0 bridgehead atoms. The molecule has 0 aliphatic carbocycles. The maximum atomic E-state index is 6.34. The molecule has 1 aromatic carbocycles. The van der Waals surface area contributed by atoms with E-state index in [-0.39, 0.29) is 0 Å². The van der Waals surface area contributed by atoms with Gasteiger partial charge in [-0.15, -0.1) is 5.10 Å². The van der Waals surface area contributed by atoms with Gasteiger partial charge in [0, 0.05) is 36.4 Å². The summed E-state index contributed by atoms with van der Waals surface area (Å²) in [5.74, 6) is 0. The Bertz CT molecular complexity index is 816. The number of fused-ring (bicyclic) bond motifs is 1. The lowest BCUT2D eigenvalue weighted by molar-refractivity contribution is 0.218. The number of aromatic amines is 1. The summed E-state index contributed by atoms with van der Waals surface area (Å²) in [5, 5.41) is 10.5. The van der Waals surface area contributed by atoms with Gasteiger partial charge in [-0.1, -0.05) is 29.3 Å². The van der Waals surface area contributed by atoms with Crippen LogP contribution >= 0.6 is 11.6 Å². The van der Waals surface area contributed by atoms with Crippen LogP contribution in [-0.4, -0.2) is 38.0 Å². The molecule has 0 radical (unpaired) electrons. The number of H-pyrrole nitrogens is 1. The molecule has 5 nitrogen and oxygen atoms in total. The maximum Gasteiger partial charge on any atom is 0.0967 e. The van der Waals surface area contributed by atoms with Crippen molar-refractivity contribution >= 4 is 22.5 Å². The third-order valence-electron chi connectivity index (χ3n) is 4.77. The molecule has 126 valence electrons. The standard InChI is InChI=1S/C18H22ClN5/c19-16-5-4-6-17-18(16)14(11-20-17)7-10-24-13-15(21-22-24)12-23-8-2-1-3-9-23/h4-6,11,13,20H,1-3,7-10,12H2. The van der Waals surface area contributed by atoms with Crippen LogP contribution in [0.5, 0.6) is 0 Å². The Labute approximate surface area is 146 Å². The number of nitrogens with zero attached hydrogens (tertiary/aromatic N) is 4. The fraction of sp³-hybridized carbons (Fsp3) is 0.444. The van der Waals surface area contributed by atoms with Gasteiger partial charge in [0.15, 0.2) is 0 Å². The van der Waals surface area contributed by atoms with E-state index in [0.717, 1.165) is 41.1 Å². The van der Waals surface area contributed by atoms with Gasteiger partial charge < -0.3 is 4.98 Å². The van der Waals surface area contributed by atoms with Crippen LogP contribution in [0.15, 0.2) is 30.6 Å². The van der Waals surface area contributed by atoms with Crippen LogP contribution in [0.1, 0.15) is 30.5 Å². The highest BCUT2D eigenvalue weighted by Crippen LogP contribution is 2.27. The fourth-order valence-corrected chi connectivity index (χ4v) is 3.80. The Morgan fingerprint density at radius 3 is 2.92 bits per heavy atom. The van der Waals surface area contributed by atoms with E-state index in [9.17, 15) is 0 Å². The average molecular weight is 344 g/mol. The van der Waals surface area contributed by atoms with Gasteiger partial charge in [0.25, 0.3) is 0 Å². The van der Waals surface area contributed by atoms with Gasteiger partial charge in [0.05, 0.1) is 10.7 Å². The third kappa shape index (κ3) is 3.32. The van der Waals surface area contributed by atoms with Crippen molar-refractivity contribution in [3.8, 4) is 0 Å². The van der Waals surface area contributed by atoms with Crippen molar-refractivity contribution in [2.75, 3.05) is 13.1 Å². The summed E-state index contributed by atoms with van der Waals surface area (Å²) in [4.78, 5) is 5.76. The molecule has 3 heterocycles. The molecule has 1 aliphatic heterocycles. The maximum absolute atomic E-state index is 6.34. The minimum atomic E-state index is 0.799. The van der Waals surface area contributed by atoms with E-state index in [4.69, 9.17) is 11.6 Å². The summed E-state index contributed by atoms with van der Waals surface area (Å²) < 4.78 is 1.94. The molecular weight excluding hydrogens is 322 g/mol. The predicted molar refractivity (Wildman–Crippen MR) is 96.2 cm³/mol. The zero-order chi connectivity index (χ0) is 16.4. The van der Waals surface area contributed by atoms with E-state index in [1.807, 2.05) is 23.0 Å². The second kappa shape index (κ2) is 6.95. The smallest absolute Gasteiger partial charge is 0.0967 e. The summed E-state index contributed by atoms with van der Waals surface area (Å²) in [6.07, 6.45) is 8.96. The normalized spacial score (nSPS) is 16.0. The van der Waals surface area contributed by atoms with E-state index < -0.39 is 0 Å². The second-order valence-corrected chi connectivity index (χ2v) is 6.94. The molecule has 1 aliphatic rings. The number of piperidine rings is 1. The lowest BCUT2D eigenvalue weighted by Gasteiger charge is -2.25. The Morgan fingerprint density at radius 2 is 2.04 bits per heavy atom. The number of nitrogens with one attached hydrogen (secondary N) is 1. The molecule has 1 fully saturated rings. The first kappa shape index (κ1) is 15.7. The summed E-state index contributed by atoms with van der Waals surface area (Å²) in [6.45, 7) is 4.09. The molecule has 3 aromatic rings. The van der Waals surface area contributed by atoms with Crippen molar-refractivity contribution in [3.63, 3.8) is 0 Å². The molecule has 0 amide bonds. The molecule has 0 saturated carbocycles. The highest BCUT2D eigenvalue weighted by Gasteiger charge is 2.13. The monoisotopic (exact) mass is 343 g/mol. The highest BCUT2D eigenvalue weighted by molar-refractivity contribution is 6.35. The van der Waals surface area contributed by atoms with Crippen LogP contribution in [0.25, 0.3) is 10.9 Å². The third-order valence-corrected chi connectivity index (χ3v) is 5.08. The van der Waals surface area contributed by atoms with Crippen molar-refractivity contribution in [1.82, 2.24) is 24.9 Å². The zero-order valence-electron chi connectivity index (χ0n) is 13.7. The van der Waals surface area contributed by atoms with E-state index >= 15 is 0 Å². The van der Waals surface area contributed by atoms with Gasteiger partial charge in [-0.05, 0) is 50.0 Å². The first-order valence-electron chi connectivity index (χ1n) is 8.65. The summed E-state index contributed by atoms with van der Waals surface area (Å²) in [5.41, 5.74) is 3.37. The second-order valence-electron chi connectivity index (χ2n) is 6.54. The number of hydrogen-bond acceptors (Lipinski definition) is 3. The molecule has 4 rings (SSSR count). The largest absolute Gasteiger partial charge is 0.361 e.